The summed E-state index contributed by atoms with van der Waals surface area (Å²) < 4.78 is 46.3. The van der Waals surface area contributed by atoms with Crippen molar-refractivity contribution in [1.29, 1.82) is 0 Å². The molecule has 0 saturated heterocycles. The highest BCUT2D eigenvalue weighted by molar-refractivity contribution is 6.55. The minimum absolute atomic E-state index is 0.0290. The smallest absolute Gasteiger partial charge is 0.310 e. The molecule has 1 aliphatic carbocycles. The zero-order chi connectivity index (χ0) is 18.4. The molecule has 0 amide bonds. The molecule has 2 atom stereocenters. The van der Waals surface area contributed by atoms with E-state index >= 15 is 0 Å². The number of rotatable bonds is 4. The molecule has 3 nitrogen and oxygen atoms in total. The van der Waals surface area contributed by atoms with E-state index in [1.165, 1.54) is 6.08 Å². The van der Waals surface area contributed by atoms with E-state index in [4.69, 9.17) is 33.7 Å². The van der Waals surface area contributed by atoms with Crippen molar-refractivity contribution >= 4 is 34.9 Å². The summed E-state index contributed by atoms with van der Waals surface area (Å²) in [7, 11) is 0. The summed E-state index contributed by atoms with van der Waals surface area (Å²) >= 11 is 11.2. The fourth-order valence-electron chi connectivity index (χ4n) is 2.80. The van der Waals surface area contributed by atoms with E-state index in [0.29, 0.717) is 0 Å². The van der Waals surface area contributed by atoms with Gasteiger partial charge in [0.2, 0.25) is 0 Å². The molecular weight excluding hydrogens is 366 g/mol. The highest BCUT2D eigenvalue weighted by Crippen LogP contribution is 2.60. The fraction of sp³-hybridized carbons (Fsp3) is 0.438. The number of allylic oxidation sites excluding steroid dienone is 1. The molecular formula is C16H16Cl2F3NO2. The number of benzene rings is 1. The maximum atomic E-state index is 13.9. The number of nitrogen functional groups attached to an aromatic ring is 1. The maximum absolute atomic E-state index is 13.9. The number of hydrogen-bond donors (Lipinski definition) is 1. The van der Waals surface area contributed by atoms with Crippen LogP contribution < -0.4 is 5.73 Å². The van der Waals surface area contributed by atoms with E-state index in [1.54, 1.807) is 0 Å². The molecule has 0 spiro atoms. The molecule has 1 fully saturated rings. The second-order valence-corrected chi connectivity index (χ2v) is 7.36. The molecule has 0 radical (unpaired) electrons. The van der Waals surface area contributed by atoms with Gasteiger partial charge in [-0.15, -0.1) is 0 Å². The monoisotopic (exact) mass is 381 g/mol. The Balaban J connectivity index is 2.16. The third-order valence-corrected chi connectivity index (χ3v) is 4.76. The average molecular weight is 382 g/mol. The van der Waals surface area contributed by atoms with E-state index in [9.17, 15) is 18.0 Å². The Morgan fingerprint density at radius 3 is 2.38 bits per heavy atom. The number of anilines is 1. The number of ether oxygens (including phenoxy) is 1. The first kappa shape index (κ1) is 18.9. The van der Waals surface area contributed by atoms with Crippen molar-refractivity contribution in [3.8, 4) is 0 Å². The molecule has 1 aromatic carbocycles. The Bertz CT molecular complexity index is 702. The van der Waals surface area contributed by atoms with Gasteiger partial charge in [0.25, 0.3) is 0 Å². The largest absolute Gasteiger partial charge is 0.460 e. The Kier molecular flexibility index (Phi) is 5.11. The topological polar surface area (TPSA) is 52.3 Å². The van der Waals surface area contributed by atoms with Crippen LogP contribution in [0.25, 0.3) is 0 Å². The second-order valence-electron chi connectivity index (χ2n) is 6.35. The third kappa shape index (κ3) is 3.22. The number of carbonyl (C=O) groups is 1. The van der Waals surface area contributed by atoms with Gasteiger partial charge in [0.1, 0.15) is 11.1 Å². The van der Waals surface area contributed by atoms with E-state index in [0.717, 1.165) is 6.92 Å². The molecule has 24 heavy (non-hydrogen) atoms. The van der Waals surface area contributed by atoms with Crippen molar-refractivity contribution in [2.45, 2.75) is 27.4 Å². The van der Waals surface area contributed by atoms with Crippen LogP contribution in [0.5, 0.6) is 0 Å². The normalized spacial score (nSPS) is 21.3. The van der Waals surface area contributed by atoms with Gasteiger partial charge in [0.15, 0.2) is 17.5 Å². The van der Waals surface area contributed by atoms with Crippen molar-refractivity contribution < 1.29 is 22.7 Å². The van der Waals surface area contributed by atoms with Crippen LogP contribution in [-0.2, 0) is 16.1 Å². The Morgan fingerprint density at radius 1 is 1.25 bits per heavy atom. The predicted molar refractivity (Wildman–Crippen MR) is 85.8 cm³/mol. The predicted octanol–water partition coefficient (Wildman–Crippen LogP) is 4.63. The Labute approximate surface area is 147 Å². The van der Waals surface area contributed by atoms with E-state index in [-0.39, 0.29) is 10.4 Å². The summed E-state index contributed by atoms with van der Waals surface area (Å²) in [5.41, 5.74) is 3.41. The first-order valence-corrected chi connectivity index (χ1v) is 7.86. The lowest BCUT2D eigenvalue weighted by Crippen LogP contribution is -2.14. The Morgan fingerprint density at radius 2 is 1.83 bits per heavy atom. The number of esters is 1. The number of halogens is 5. The molecule has 1 aromatic rings. The lowest BCUT2D eigenvalue weighted by atomic mass is 10.1. The summed E-state index contributed by atoms with van der Waals surface area (Å²) in [6.45, 7) is 4.04. The van der Waals surface area contributed by atoms with Gasteiger partial charge in [-0.05, 0) is 24.3 Å². The van der Waals surface area contributed by atoms with Gasteiger partial charge in [0, 0.05) is 5.56 Å². The van der Waals surface area contributed by atoms with E-state index < -0.39 is 58.2 Å². The van der Waals surface area contributed by atoms with Crippen LogP contribution >= 0.6 is 23.2 Å². The zero-order valence-corrected chi connectivity index (χ0v) is 14.7. The van der Waals surface area contributed by atoms with Crippen molar-refractivity contribution in [3.63, 3.8) is 0 Å². The molecule has 0 heterocycles. The van der Waals surface area contributed by atoms with Crippen LogP contribution in [0.3, 0.4) is 0 Å². The van der Waals surface area contributed by atoms with Crippen LogP contribution in [0, 0.1) is 41.6 Å². The summed E-state index contributed by atoms with van der Waals surface area (Å²) in [4.78, 5) is 12.2. The number of nitrogens with two attached hydrogens (primary N) is 1. The highest BCUT2D eigenvalue weighted by atomic mass is 35.5. The van der Waals surface area contributed by atoms with Gasteiger partial charge in [-0.1, -0.05) is 37.0 Å². The molecule has 8 heteroatoms. The van der Waals surface area contributed by atoms with Crippen molar-refractivity contribution in [2.75, 3.05) is 5.73 Å². The van der Waals surface area contributed by atoms with Crippen molar-refractivity contribution in [2.24, 2.45) is 17.3 Å². The maximum Gasteiger partial charge on any atom is 0.310 e. The summed E-state index contributed by atoms with van der Waals surface area (Å²) in [6.07, 6.45) is 1.52. The van der Waals surface area contributed by atoms with Gasteiger partial charge in [-0.3, -0.25) is 4.79 Å². The molecule has 1 saturated carbocycles. The zero-order valence-electron chi connectivity index (χ0n) is 13.2. The lowest BCUT2D eigenvalue weighted by molar-refractivity contribution is -0.147. The van der Waals surface area contributed by atoms with Gasteiger partial charge in [-0.25, -0.2) is 13.2 Å². The van der Waals surface area contributed by atoms with Crippen molar-refractivity contribution in [3.05, 3.63) is 39.1 Å². The first-order valence-electron chi connectivity index (χ1n) is 7.11. The first-order chi connectivity index (χ1) is 11.0. The lowest BCUT2D eigenvalue weighted by Gasteiger charge is -2.12. The quantitative estimate of drug-likeness (QED) is 0.469. The Hall–Kier alpha value is -1.40. The highest BCUT2D eigenvalue weighted by Gasteiger charge is 2.61. The standard InChI is InChI=1S/C16H16Cl2F3NO2/c1-6-11(19)13(21)7(14(22)12(6)20)5-24-15(23)10-8(4-9(17)18)16(10,2)3/h4,8,10H,5,22H2,1-3H3/t8-,10+/m0/s1. The van der Waals surface area contributed by atoms with Crippen LogP contribution in [0.2, 0.25) is 0 Å². The molecule has 0 aliphatic heterocycles. The molecule has 132 valence electrons. The molecule has 0 bridgehead atoms. The van der Waals surface area contributed by atoms with Crippen LogP contribution in [0.4, 0.5) is 18.9 Å². The van der Waals surface area contributed by atoms with Crippen LogP contribution in [-0.4, -0.2) is 5.97 Å². The summed E-state index contributed by atoms with van der Waals surface area (Å²) in [5, 5.41) is 0. The second kappa shape index (κ2) is 6.48. The van der Waals surface area contributed by atoms with E-state index in [1.807, 2.05) is 13.8 Å². The van der Waals surface area contributed by atoms with Gasteiger partial charge >= 0.3 is 5.97 Å². The number of hydrogen-bond acceptors (Lipinski definition) is 3. The SMILES string of the molecule is Cc1c(F)c(N)c(COC(=O)[C@H]2[C@H](C=C(Cl)Cl)C2(C)C)c(F)c1F. The molecule has 2 N–H and O–H groups in total. The molecule has 2 rings (SSSR count). The van der Waals surface area contributed by atoms with Gasteiger partial charge < -0.3 is 10.5 Å². The average Bonchev–Trinajstić information content (AvgIpc) is 3.02. The fourth-order valence-corrected chi connectivity index (χ4v) is 3.07. The molecule has 0 aromatic heterocycles. The summed E-state index contributed by atoms with van der Waals surface area (Å²) in [6, 6.07) is 0. The minimum Gasteiger partial charge on any atom is -0.460 e. The molecule has 0 unspecified atom stereocenters. The van der Waals surface area contributed by atoms with E-state index in [2.05, 4.69) is 0 Å². The van der Waals surface area contributed by atoms with Crippen LogP contribution in [0.1, 0.15) is 25.0 Å². The van der Waals surface area contributed by atoms with Gasteiger partial charge in [0.05, 0.1) is 17.2 Å². The van der Waals surface area contributed by atoms with Gasteiger partial charge in [-0.2, -0.15) is 0 Å². The molecule has 1 aliphatic rings. The van der Waals surface area contributed by atoms with Crippen molar-refractivity contribution in [1.82, 2.24) is 0 Å². The summed E-state index contributed by atoms with van der Waals surface area (Å²) in [5.74, 6) is -5.15. The van der Waals surface area contributed by atoms with Crippen LogP contribution in [0.15, 0.2) is 10.6 Å². The third-order valence-electron chi connectivity index (χ3n) is 4.51. The minimum atomic E-state index is -1.35. The number of carbonyl (C=O) groups excluding carboxylic acids is 1.